The number of amides is 2. The molecule has 7 nitrogen and oxygen atoms in total. The Balaban J connectivity index is 1.91. The van der Waals surface area contributed by atoms with E-state index >= 15 is 0 Å². The molecule has 0 bridgehead atoms. The van der Waals surface area contributed by atoms with Crippen molar-refractivity contribution in [3.05, 3.63) is 53.1 Å². The van der Waals surface area contributed by atoms with Gasteiger partial charge in [-0.25, -0.2) is 0 Å². The lowest BCUT2D eigenvalue weighted by atomic mass is 9.93. The van der Waals surface area contributed by atoms with Gasteiger partial charge in [0.25, 0.3) is 11.8 Å². The van der Waals surface area contributed by atoms with Gasteiger partial charge < -0.3 is 24.8 Å². The summed E-state index contributed by atoms with van der Waals surface area (Å²) in [5, 5.41) is 0. The number of para-hydroxylation sites is 1. The van der Waals surface area contributed by atoms with E-state index in [4.69, 9.17) is 19.9 Å². The predicted octanol–water partition coefficient (Wildman–Crippen LogP) is 3.85. The zero-order chi connectivity index (χ0) is 23.1. The Hall–Kier alpha value is -3.22. The van der Waals surface area contributed by atoms with Crippen LogP contribution >= 0.6 is 0 Å². The quantitative estimate of drug-likeness (QED) is 0.640. The first-order valence-electron chi connectivity index (χ1n) is 11.0. The molecule has 32 heavy (non-hydrogen) atoms. The van der Waals surface area contributed by atoms with Gasteiger partial charge in [0.05, 0.1) is 19.8 Å². The number of nitrogens with two attached hydrogens (primary N) is 1. The van der Waals surface area contributed by atoms with E-state index in [2.05, 4.69) is 0 Å². The maximum Gasteiger partial charge on any atom is 0.258 e. The molecule has 1 aliphatic rings. The number of methoxy groups -OCH3 is 2. The fourth-order valence-corrected chi connectivity index (χ4v) is 4.28. The SMILES string of the molecule is COc1cc(CN(C(=O)c2cccc(C)c2OC)C2CCCCC2)ccc1OCC(N)=O. The summed E-state index contributed by atoms with van der Waals surface area (Å²) in [6.45, 7) is 2.15. The molecule has 0 atom stereocenters. The van der Waals surface area contributed by atoms with Crippen molar-refractivity contribution >= 4 is 11.8 Å². The molecule has 1 aliphatic carbocycles. The maximum absolute atomic E-state index is 13.7. The summed E-state index contributed by atoms with van der Waals surface area (Å²) in [5.74, 6) is 0.952. The van der Waals surface area contributed by atoms with Crippen LogP contribution in [-0.2, 0) is 11.3 Å². The topological polar surface area (TPSA) is 91.1 Å². The van der Waals surface area contributed by atoms with E-state index in [0.29, 0.717) is 29.4 Å². The van der Waals surface area contributed by atoms with Gasteiger partial charge in [-0.3, -0.25) is 9.59 Å². The van der Waals surface area contributed by atoms with E-state index < -0.39 is 5.91 Å². The van der Waals surface area contributed by atoms with Gasteiger partial charge in [0.15, 0.2) is 18.1 Å². The minimum absolute atomic E-state index is 0.0366. The summed E-state index contributed by atoms with van der Waals surface area (Å²) in [6, 6.07) is 11.3. The lowest BCUT2D eigenvalue weighted by Gasteiger charge is -2.35. The van der Waals surface area contributed by atoms with Crippen molar-refractivity contribution in [2.24, 2.45) is 5.73 Å². The van der Waals surface area contributed by atoms with Crippen LogP contribution in [-0.4, -0.2) is 43.6 Å². The van der Waals surface area contributed by atoms with E-state index in [0.717, 1.165) is 36.8 Å². The van der Waals surface area contributed by atoms with Gasteiger partial charge in [-0.05, 0) is 49.1 Å². The van der Waals surface area contributed by atoms with Gasteiger partial charge in [-0.1, -0.05) is 37.5 Å². The monoisotopic (exact) mass is 440 g/mol. The van der Waals surface area contributed by atoms with E-state index in [1.165, 1.54) is 13.5 Å². The van der Waals surface area contributed by atoms with E-state index in [1.807, 2.05) is 42.2 Å². The molecule has 1 fully saturated rings. The zero-order valence-electron chi connectivity index (χ0n) is 19.1. The minimum atomic E-state index is -0.558. The molecule has 2 amide bonds. The molecule has 1 saturated carbocycles. The average Bonchev–Trinajstić information content (AvgIpc) is 2.81. The fourth-order valence-electron chi connectivity index (χ4n) is 4.28. The Kier molecular flexibility index (Phi) is 7.98. The van der Waals surface area contributed by atoms with Crippen molar-refractivity contribution in [1.29, 1.82) is 0 Å². The van der Waals surface area contributed by atoms with Crippen LogP contribution in [0.25, 0.3) is 0 Å². The first-order chi connectivity index (χ1) is 15.4. The number of primary amides is 1. The summed E-state index contributed by atoms with van der Waals surface area (Å²) in [4.78, 5) is 26.7. The third-order valence-corrected chi connectivity index (χ3v) is 5.87. The molecule has 7 heteroatoms. The third-order valence-electron chi connectivity index (χ3n) is 5.87. The van der Waals surface area contributed by atoms with Crippen LogP contribution in [0, 0.1) is 6.92 Å². The fraction of sp³-hybridized carbons (Fsp3) is 0.440. The van der Waals surface area contributed by atoms with E-state index in [1.54, 1.807) is 13.2 Å². The van der Waals surface area contributed by atoms with Gasteiger partial charge >= 0.3 is 0 Å². The van der Waals surface area contributed by atoms with Crippen LogP contribution in [0.1, 0.15) is 53.6 Å². The van der Waals surface area contributed by atoms with Gasteiger partial charge in [0.1, 0.15) is 5.75 Å². The largest absolute Gasteiger partial charge is 0.496 e. The van der Waals surface area contributed by atoms with Crippen molar-refractivity contribution in [2.75, 3.05) is 20.8 Å². The second-order valence-corrected chi connectivity index (χ2v) is 8.12. The van der Waals surface area contributed by atoms with Gasteiger partial charge in [0.2, 0.25) is 0 Å². The Morgan fingerprint density at radius 3 is 2.44 bits per heavy atom. The highest BCUT2D eigenvalue weighted by atomic mass is 16.5. The first kappa shape index (κ1) is 23.4. The molecular formula is C25H32N2O5. The van der Waals surface area contributed by atoms with Gasteiger partial charge in [0, 0.05) is 12.6 Å². The van der Waals surface area contributed by atoms with E-state index in [9.17, 15) is 9.59 Å². The molecule has 0 aromatic heterocycles. The molecule has 0 saturated heterocycles. The van der Waals surface area contributed by atoms with Crippen molar-refractivity contribution in [2.45, 2.75) is 51.6 Å². The lowest BCUT2D eigenvalue weighted by Crippen LogP contribution is -2.41. The standard InChI is InChI=1S/C25H32N2O5/c1-17-8-7-11-20(24(17)31-3)25(29)27(19-9-5-4-6-10-19)15-18-12-13-21(22(14-18)30-2)32-16-23(26)28/h7-8,11-14,19H,4-6,9-10,15-16H2,1-3H3,(H2,26,28). The van der Waals surface area contributed by atoms with Gasteiger partial charge in [-0.2, -0.15) is 0 Å². The normalized spacial score (nSPS) is 14.0. The molecule has 0 spiro atoms. The number of rotatable bonds is 9. The summed E-state index contributed by atoms with van der Waals surface area (Å²) in [7, 11) is 3.14. The third kappa shape index (κ3) is 5.52. The highest BCUT2D eigenvalue weighted by Gasteiger charge is 2.29. The molecule has 0 unspecified atom stereocenters. The Morgan fingerprint density at radius 1 is 1.03 bits per heavy atom. The predicted molar refractivity (Wildman–Crippen MR) is 122 cm³/mol. The van der Waals surface area contributed by atoms with Crippen molar-refractivity contribution in [3.8, 4) is 17.2 Å². The molecule has 3 rings (SSSR count). The summed E-state index contributed by atoms with van der Waals surface area (Å²) in [6.07, 6.45) is 5.39. The maximum atomic E-state index is 13.7. The number of carbonyl (C=O) groups is 2. The van der Waals surface area contributed by atoms with Crippen LogP contribution in [0.5, 0.6) is 17.2 Å². The average molecular weight is 441 g/mol. The first-order valence-corrected chi connectivity index (χ1v) is 11.0. The summed E-state index contributed by atoms with van der Waals surface area (Å²) >= 11 is 0. The highest BCUT2D eigenvalue weighted by Crippen LogP contribution is 2.32. The van der Waals surface area contributed by atoms with Crippen LogP contribution < -0.4 is 19.9 Å². The van der Waals surface area contributed by atoms with Gasteiger partial charge in [-0.15, -0.1) is 0 Å². The van der Waals surface area contributed by atoms with Crippen LogP contribution in [0.2, 0.25) is 0 Å². The molecule has 0 heterocycles. The molecule has 172 valence electrons. The zero-order valence-corrected chi connectivity index (χ0v) is 19.1. The Labute approximate surface area is 189 Å². The molecule has 2 aromatic carbocycles. The number of ether oxygens (including phenoxy) is 3. The van der Waals surface area contributed by atoms with Crippen LogP contribution in [0.3, 0.4) is 0 Å². The number of hydrogen-bond acceptors (Lipinski definition) is 5. The number of benzene rings is 2. The summed E-state index contributed by atoms with van der Waals surface area (Å²) in [5.41, 5.74) is 7.60. The molecular weight excluding hydrogens is 408 g/mol. The highest BCUT2D eigenvalue weighted by molar-refractivity contribution is 5.97. The minimum Gasteiger partial charge on any atom is -0.496 e. The lowest BCUT2D eigenvalue weighted by molar-refractivity contribution is -0.119. The molecule has 2 aromatic rings. The van der Waals surface area contributed by atoms with E-state index in [-0.39, 0.29) is 18.6 Å². The van der Waals surface area contributed by atoms with Crippen molar-refractivity contribution in [3.63, 3.8) is 0 Å². The smallest absolute Gasteiger partial charge is 0.258 e. The molecule has 0 radical (unpaired) electrons. The number of hydrogen-bond donors (Lipinski definition) is 1. The molecule has 0 aliphatic heterocycles. The number of carbonyl (C=O) groups excluding carboxylic acids is 2. The van der Waals surface area contributed by atoms with Crippen LogP contribution in [0.4, 0.5) is 0 Å². The Morgan fingerprint density at radius 2 is 1.78 bits per heavy atom. The van der Waals surface area contributed by atoms with Crippen molar-refractivity contribution in [1.82, 2.24) is 4.90 Å². The van der Waals surface area contributed by atoms with Crippen LogP contribution in [0.15, 0.2) is 36.4 Å². The second-order valence-electron chi connectivity index (χ2n) is 8.12. The second kappa shape index (κ2) is 10.9. The Bertz CT molecular complexity index is 953. The summed E-state index contributed by atoms with van der Waals surface area (Å²) < 4.78 is 16.4. The number of aryl methyl sites for hydroxylation is 1. The van der Waals surface area contributed by atoms with Crippen molar-refractivity contribution < 1.29 is 23.8 Å². The number of nitrogens with zero attached hydrogens (tertiary/aromatic N) is 1. The molecule has 2 N–H and O–H groups in total.